The molecule has 10 heteroatoms. The first kappa shape index (κ1) is 28.9. The molecule has 1 saturated carbocycles. The molecule has 1 aliphatic carbocycles. The fourth-order valence-corrected chi connectivity index (χ4v) is 5.75. The first-order chi connectivity index (χ1) is 20.3. The van der Waals surface area contributed by atoms with E-state index >= 15 is 0 Å². The summed E-state index contributed by atoms with van der Waals surface area (Å²) in [6.07, 6.45) is 3.69. The molecule has 0 spiro atoms. The van der Waals surface area contributed by atoms with E-state index in [0.29, 0.717) is 32.0 Å². The maximum absolute atomic E-state index is 13.2. The van der Waals surface area contributed by atoms with E-state index in [9.17, 15) is 13.2 Å². The molecular formula is C32H37F3N4O3. The highest BCUT2D eigenvalue weighted by Gasteiger charge is 2.42. The van der Waals surface area contributed by atoms with E-state index in [4.69, 9.17) is 14.2 Å². The summed E-state index contributed by atoms with van der Waals surface area (Å²) in [5, 5.41) is 5.33. The lowest BCUT2D eigenvalue weighted by Gasteiger charge is -2.34. The molecule has 1 atom stereocenters. The van der Waals surface area contributed by atoms with Crippen LogP contribution < -0.4 is 10.1 Å². The fraction of sp³-hybridized carbons (Fsp3) is 0.500. The molecular weight excluding hydrogens is 545 g/mol. The Bertz CT molecular complexity index is 1480. The quantitative estimate of drug-likeness (QED) is 0.183. The number of unbranched alkanes of at least 4 members (excludes halogenated alkanes) is 2. The normalized spacial score (nSPS) is 20.0. The van der Waals surface area contributed by atoms with Crippen LogP contribution in [0.25, 0.3) is 32.9 Å². The van der Waals surface area contributed by atoms with Gasteiger partial charge in [-0.3, -0.25) is 4.98 Å². The Morgan fingerprint density at radius 2 is 1.74 bits per heavy atom. The Labute approximate surface area is 243 Å². The number of rotatable bonds is 13. The Morgan fingerprint density at radius 3 is 2.48 bits per heavy atom. The van der Waals surface area contributed by atoms with Gasteiger partial charge in [-0.2, -0.15) is 13.2 Å². The minimum atomic E-state index is -4.30. The molecule has 0 amide bonds. The second kappa shape index (κ2) is 12.6. The molecule has 2 fully saturated rings. The van der Waals surface area contributed by atoms with E-state index in [2.05, 4.69) is 45.1 Å². The number of halogens is 3. The van der Waals surface area contributed by atoms with Gasteiger partial charge in [0.1, 0.15) is 6.10 Å². The highest BCUT2D eigenvalue weighted by molar-refractivity contribution is 6.08. The first-order valence-corrected chi connectivity index (χ1v) is 14.8. The van der Waals surface area contributed by atoms with Gasteiger partial charge in [0.2, 0.25) is 5.88 Å². The highest BCUT2D eigenvalue weighted by Crippen LogP contribution is 2.33. The Hall–Kier alpha value is -3.21. The minimum absolute atomic E-state index is 0.0462. The van der Waals surface area contributed by atoms with E-state index in [1.54, 1.807) is 0 Å². The van der Waals surface area contributed by atoms with Gasteiger partial charge in [-0.1, -0.05) is 12.1 Å². The summed E-state index contributed by atoms with van der Waals surface area (Å²) < 4.78 is 58.8. The van der Waals surface area contributed by atoms with E-state index in [-0.39, 0.29) is 31.2 Å². The Morgan fingerprint density at radius 1 is 0.929 bits per heavy atom. The lowest BCUT2D eigenvalue weighted by molar-refractivity contribution is -0.226. The summed E-state index contributed by atoms with van der Waals surface area (Å²) >= 11 is 0. The van der Waals surface area contributed by atoms with Gasteiger partial charge in [0, 0.05) is 79.6 Å². The van der Waals surface area contributed by atoms with Gasteiger partial charge in [0.05, 0.1) is 11.6 Å². The van der Waals surface area contributed by atoms with Crippen LogP contribution >= 0.6 is 0 Å². The molecule has 2 aliphatic rings. The predicted octanol–water partition coefficient (Wildman–Crippen LogP) is 6.44. The summed E-state index contributed by atoms with van der Waals surface area (Å²) in [6.45, 7) is 2.01. The molecule has 1 saturated heterocycles. The third-order valence-electron chi connectivity index (χ3n) is 8.46. The molecule has 1 aromatic carbocycles. The average molecular weight is 583 g/mol. The SMILES string of the molecule is Cn1c2ccncc2c2ccc(-c3ccc(OC4CC(OCCCCCOC(CC5CNC5)C(F)(F)F)C4)nc3)cc21. The third-order valence-corrected chi connectivity index (χ3v) is 8.46. The minimum Gasteiger partial charge on any atom is -0.474 e. The molecule has 42 heavy (non-hydrogen) atoms. The zero-order valence-corrected chi connectivity index (χ0v) is 23.8. The smallest absolute Gasteiger partial charge is 0.414 e. The number of fused-ring (bicyclic) bond motifs is 3. The van der Waals surface area contributed by atoms with Crippen LogP contribution in [-0.4, -0.2) is 65.3 Å². The average Bonchev–Trinajstić information content (AvgIpc) is 3.22. The van der Waals surface area contributed by atoms with E-state index in [1.165, 1.54) is 5.39 Å². The lowest BCUT2D eigenvalue weighted by Crippen LogP contribution is -2.46. The summed E-state index contributed by atoms with van der Waals surface area (Å²) in [6, 6.07) is 12.4. The van der Waals surface area contributed by atoms with E-state index in [1.807, 2.05) is 36.8 Å². The fourth-order valence-electron chi connectivity index (χ4n) is 5.75. The topological polar surface area (TPSA) is 70.4 Å². The van der Waals surface area contributed by atoms with E-state index in [0.717, 1.165) is 53.2 Å². The van der Waals surface area contributed by atoms with Crippen LogP contribution in [0.5, 0.6) is 5.88 Å². The molecule has 4 heterocycles. The molecule has 7 nitrogen and oxygen atoms in total. The van der Waals surface area contributed by atoms with Crippen LogP contribution in [0.2, 0.25) is 0 Å². The van der Waals surface area contributed by atoms with Crippen LogP contribution in [-0.2, 0) is 16.5 Å². The van der Waals surface area contributed by atoms with Gasteiger partial charge in [0.25, 0.3) is 0 Å². The lowest BCUT2D eigenvalue weighted by atomic mass is 9.92. The van der Waals surface area contributed by atoms with Crippen molar-refractivity contribution in [2.45, 2.75) is 63.0 Å². The third kappa shape index (κ3) is 6.55. The van der Waals surface area contributed by atoms with Crippen molar-refractivity contribution in [2.24, 2.45) is 13.0 Å². The molecule has 1 aliphatic heterocycles. The zero-order valence-electron chi connectivity index (χ0n) is 23.8. The number of benzene rings is 1. The maximum Gasteiger partial charge on any atom is 0.414 e. The number of hydrogen-bond acceptors (Lipinski definition) is 6. The summed E-state index contributed by atoms with van der Waals surface area (Å²) in [5.74, 6) is 0.662. The summed E-state index contributed by atoms with van der Waals surface area (Å²) in [7, 11) is 2.07. The van der Waals surface area contributed by atoms with Gasteiger partial charge < -0.3 is 24.1 Å². The van der Waals surface area contributed by atoms with E-state index < -0.39 is 12.3 Å². The number of nitrogens with one attached hydrogen (secondary N) is 1. The largest absolute Gasteiger partial charge is 0.474 e. The van der Waals surface area contributed by atoms with Crippen LogP contribution in [0.15, 0.2) is 55.0 Å². The van der Waals surface area contributed by atoms with Crippen molar-refractivity contribution >= 4 is 21.8 Å². The molecule has 224 valence electrons. The van der Waals surface area contributed by atoms with Gasteiger partial charge in [-0.15, -0.1) is 0 Å². The molecule has 1 N–H and O–H groups in total. The number of alkyl halides is 3. The molecule has 1 unspecified atom stereocenters. The molecule has 4 aromatic rings. The van der Waals surface area contributed by atoms with Crippen molar-refractivity contribution < 1.29 is 27.4 Å². The van der Waals surface area contributed by atoms with Crippen LogP contribution in [0.1, 0.15) is 38.5 Å². The van der Waals surface area contributed by atoms with Crippen molar-refractivity contribution in [3.63, 3.8) is 0 Å². The van der Waals surface area contributed by atoms with Crippen molar-refractivity contribution in [3.8, 4) is 17.0 Å². The molecule has 6 rings (SSSR count). The summed E-state index contributed by atoms with van der Waals surface area (Å²) in [5.41, 5.74) is 4.42. The number of pyridine rings is 2. The van der Waals surface area contributed by atoms with Crippen molar-refractivity contribution in [2.75, 3.05) is 26.3 Å². The zero-order chi connectivity index (χ0) is 29.1. The number of ether oxygens (including phenoxy) is 3. The summed E-state index contributed by atoms with van der Waals surface area (Å²) in [4.78, 5) is 8.81. The van der Waals surface area contributed by atoms with Crippen molar-refractivity contribution in [1.29, 1.82) is 0 Å². The van der Waals surface area contributed by atoms with Gasteiger partial charge in [-0.05, 0) is 68.5 Å². The second-order valence-corrected chi connectivity index (χ2v) is 11.5. The van der Waals surface area contributed by atoms with Crippen molar-refractivity contribution in [3.05, 3.63) is 55.0 Å². The number of aryl methyl sites for hydroxylation is 1. The Kier molecular flexibility index (Phi) is 8.65. The van der Waals surface area contributed by atoms with Gasteiger partial charge in [-0.25, -0.2) is 4.98 Å². The van der Waals surface area contributed by atoms with Gasteiger partial charge in [0.15, 0.2) is 6.10 Å². The van der Waals surface area contributed by atoms with Gasteiger partial charge >= 0.3 is 6.18 Å². The predicted molar refractivity (Wildman–Crippen MR) is 155 cm³/mol. The van der Waals surface area contributed by atoms with Crippen LogP contribution in [0.4, 0.5) is 13.2 Å². The maximum atomic E-state index is 13.2. The van der Waals surface area contributed by atoms with Crippen LogP contribution in [0.3, 0.4) is 0 Å². The number of aromatic nitrogens is 3. The molecule has 0 radical (unpaired) electrons. The number of hydrogen-bond donors (Lipinski definition) is 1. The standard InChI is InChI=1S/C32H37F3N4O3/c1-39-28-9-10-36-20-27(28)26-7-5-22(14-29(26)39)23-6-8-31(38-19-23)42-25-15-24(16-25)40-11-3-2-4-12-41-30(32(33,34)35)13-21-17-37-18-21/h5-10,14,19-21,24-25,30,37H,2-4,11-13,15-18H2,1H3. The van der Waals surface area contributed by atoms with Crippen molar-refractivity contribution in [1.82, 2.24) is 19.9 Å². The highest BCUT2D eigenvalue weighted by atomic mass is 19.4. The first-order valence-electron chi connectivity index (χ1n) is 14.8. The molecule has 0 bridgehead atoms. The molecule has 3 aromatic heterocycles. The number of nitrogens with zero attached hydrogens (tertiary/aromatic N) is 3. The monoisotopic (exact) mass is 582 g/mol. The Balaban J connectivity index is 0.887. The second-order valence-electron chi connectivity index (χ2n) is 11.5. The van der Waals surface area contributed by atoms with Crippen LogP contribution in [0, 0.1) is 5.92 Å².